The lowest BCUT2D eigenvalue weighted by atomic mass is 9.85. The van der Waals surface area contributed by atoms with Gasteiger partial charge in [-0.2, -0.15) is 0 Å². The van der Waals surface area contributed by atoms with Gasteiger partial charge < -0.3 is 14.9 Å². The zero-order valence-electron chi connectivity index (χ0n) is 15.5. The van der Waals surface area contributed by atoms with E-state index >= 15 is 0 Å². The Kier molecular flexibility index (Phi) is 8.59. The molecule has 1 aromatic rings. The quantitative estimate of drug-likeness (QED) is 0.487. The molecule has 2 rings (SSSR count). The molecular formula is C22H30O4. The second-order valence-corrected chi connectivity index (χ2v) is 7.09. The van der Waals surface area contributed by atoms with Crippen molar-refractivity contribution in [2.24, 2.45) is 11.8 Å². The molecule has 1 aromatic carbocycles. The molecular weight excluding hydrogens is 328 g/mol. The summed E-state index contributed by atoms with van der Waals surface area (Å²) in [5.41, 5.74) is 1.18. The molecule has 4 heteroatoms. The number of aliphatic hydroxyl groups excluding tert-OH is 1. The Bertz CT molecular complexity index is 593. The largest absolute Gasteiger partial charge is 0.478 e. The zero-order chi connectivity index (χ0) is 18.8. The third-order valence-corrected chi connectivity index (χ3v) is 5.20. The topological polar surface area (TPSA) is 66.8 Å². The lowest BCUT2D eigenvalue weighted by Gasteiger charge is -2.22. The Morgan fingerprint density at radius 3 is 2.65 bits per heavy atom. The van der Waals surface area contributed by atoms with Crippen LogP contribution in [0.4, 0.5) is 0 Å². The first-order valence-corrected chi connectivity index (χ1v) is 9.43. The average molecular weight is 358 g/mol. The van der Waals surface area contributed by atoms with E-state index in [0.29, 0.717) is 18.3 Å². The molecule has 2 N–H and O–H groups in total. The number of aliphatic carboxylic acids is 1. The number of rotatable bonds is 10. The predicted molar refractivity (Wildman–Crippen MR) is 103 cm³/mol. The van der Waals surface area contributed by atoms with Crippen LogP contribution >= 0.6 is 0 Å². The van der Waals surface area contributed by atoms with Gasteiger partial charge in [-0.1, -0.05) is 55.5 Å². The summed E-state index contributed by atoms with van der Waals surface area (Å²) in [7, 11) is 0. The number of hydrogen-bond donors (Lipinski definition) is 2. The highest BCUT2D eigenvalue weighted by Gasteiger charge is 2.28. The summed E-state index contributed by atoms with van der Waals surface area (Å²) < 4.78 is 5.65. The summed E-state index contributed by atoms with van der Waals surface area (Å²) >= 11 is 0. The van der Waals surface area contributed by atoms with E-state index in [4.69, 9.17) is 9.84 Å². The summed E-state index contributed by atoms with van der Waals surface area (Å²) in [5.74, 6) is 0.185. The van der Waals surface area contributed by atoms with Gasteiger partial charge in [0.25, 0.3) is 0 Å². The molecule has 0 spiro atoms. The van der Waals surface area contributed by atoms with E-state index in [0.717, 1.165) is 32.5 Å². The summed E-state index contributed by atoms with van der Waals surface area (Å²) in [4.78, 5) is 10.4. The van der Waals surface area contributed by atoms with Crippen LogP contribution in [0.2, 0.25) is 0 Å². The van der Waals surface area contributed by atoms with Gasteiger partial charge in [0.2, 0.25) is 0 Å². The van der Waals surface area contributed by atoms with Crippen molar-refractivity contribution >= 4 is 5.97 Å². The van der Waals surface area contributed by atoms with Crippen LogP contribution in [-0.2, 0) is 9.53 Å². The Hall–Kier alpha value is -1.91. The minimum atomic E-state index is -0.911. The number of carbonyl (C=O) groups is 1. The number of carboxylic acid groups (broad SMARTS) is 1. The van der Waals surface area contributed by atoms with Gasteiger partial charge in [-0.3, -0.25) is 0 Å². The van der Waals surface area contributed by atoms with Gasteiger partial charge in [-0.05, 0) is 43.1 Å². The minimum Gasteiger partial charge on any atom is -0.478 e. The molecule has 2 unspecified atom stereocenters. The smallest absolute Gasteiger partial charge is 0.327 e. The highest BCUT2D eigenvalue weighted by molar-refractivity contribution is 5.79. The fourth-order valence-electron chi connectivity index (χ4n) is 3.45. The van der Waals surface area contributed by atoms with Gasteiger partial charge in [0.15, 0.2) is 0 Å². The van der Waals surface area contributed by atoms with Gasteiger partial charge in [0.1, 0.15) is 0 Å². The van der Waals surface area contributed by atoms with Gasteiger partial charge in [0.05, 0.1) is 12.7 Å². The van der Waals surface area contributed by atoms with Crippen LogP contribution in [0.3, 0.4) is 0 Å². The van der Waals surface area contributed by atoms with Crippen LogP contribution in [0.1, 0.15) is 44.1 Å². The molecule has 1 aliphatic rings. The first kappa shape index (κ1) is 20.4. The van der Waals surface area contributed by atoms with Gasteiger partial charge >= 0.3 is 5.97 Å². The molecule has 1 heterocycles. The van der Waals surface area contributed by atoms with E-state index in [-0.39, 0.29) is 12.0 Å². The Morgan fingerprint density at radius 1 is 1.19 bits per heavy atom. The maximum absolute atomic E-state index is 10.5. The predicted octanol–water partition coefficient (Wildman–Crippen LogP) is 4.17. The maximum atomic E-state index is 10.5. The monoisotopic (exact) mass is 358 g/mol. The fraction of sp³-hybridized carbons (Fsp3) is 0.500. The van der Waals surface area contributed by atoms with Crippen molar-refractivity contribution in [3.63, 3.8) is 0 Å². The van der Waals surface area contributed by atoms with Crippen molar-refractivity contribution < 1.29 is 19.7 Å². The molecule has 4 atom stereocenters. The summed E-state index contributed by atoms with van der Waals surface area (Å²) in [6.45, 7) is 3.62. The van der Waals surface area contributed by atoms with E-state index in [1.807, 2.05) is 24.3 Å². The Balaban J connectivity index is 1.74. The minimum absolute atomic E-state index is 0.137. The number of carboxylic acids is 1. The third-order valence-electron chi connectivity index (χ3n) is 5.20. The van der Waals surface area contributed by atoms with Crippen molar-refractivity contribution in [2.45, 2.75) is 44.6 Å². The fourth-order valence-corrected chi connectivity index (χ4v) is 3.45. The molecule has 0 aliphatic carbocycles. The van der Waals surface area contributed by atoms with E-state index in [9.17, 15) is 9.90 Å². The highest BCUT2D eigenvalue weighted by Crippen LogP contribution is 2.31. The van der Waals surface area contributed by atoms with Crippen LogP contribution in [0, 0.1) is 11.8 Å². The molecule has 4 nitrogen and oxygen atoms in total. The van der Waals surface area contributed by atoms with Crippen molar-refractivity contribution in [1.29, 1.82) is 0 Å². The molecule has 0 aromatic heterocycles. The SMILES string of the molecule is CC(c1ccccc1)C(O)CC[C@H]1COC[C@H]1CC=CC/C=C\C(=O)O. The molecule has 1 aliphatic heterocycles. The lowest BCUT2D eigenvalue weighted by Crippen LogP contribution is -2.19. The molecule has 0 amide bonds. The van der Waals surface area contributed by atoms with Crippen molar-refractivity contribution in [2.75, 3.05) is 13.2 Å². The molecule has 142 valence electrons. The molecule has 0 bridgehead atoms. The van der Waals surface area contributed by atoms with Crippen LogP contribution in [0.5, 0.6) is 0 Å². The second kappa shape index (κ2) is 10.9. The first-order chi connectivity index (χ1) is 12.6. The van der Waals surface area contributed by atoms with Crippen LogP contribution < -0.4 is 0 Å². The standard InChI is InChI=1S/C22H30O4/c1-17(18-9-6-4-7-10-18)21(23)14-13-20-16-26-15-19(20)11-5-2-3-8-12-22(24)25/h2,4-10,12,17,19-21,23H,3,11,13-16H2,1H3,(H,24,25)/b5-2?,12-8-/t17?,19-,20+,21?/m1/s1. The van der Waals surface area contributed by atoms with Crippen molar-refractivity contribution in [1.82, 2.24) is 0 Å². The van der Waals surface area contributed by atoms with Gasteiger partial charge in [-0.15, -0.1) is 0 Å². The van der Waals surface area contributed by atoms with Crippen molar-refractivity contribution in [3.8, 4) is 0 Å². The number of benzene rings is 1. The van der Waals surface area contributed by atoms with Crippen LogP contribution in [0.15, 0.2) is 54.6 Å². The van der Waals surface area contributed by atoms with Crippen molar-refractivity contribution in [3.05, 3.63) is 60.2 Å². The van der Waals surface area contributed by atoms with Crippen LogP contribution in [-0.4, -0.2) is 35.5 Å². The Labute approximate surface area is 156 Å². The normalized spacial score (nSPS) is 22.8. The summed E-state index contributed by atoms with van der Waals surface area (Å²) in [5, 5.41) is 19.1. The average Bonchev–Trinajstić information content (AvgIpc) is 3.09. The van der Waals surface area contributed by atoms with Gasteiger partial charge in [0, 0.05) is 18.6 Å². The highest BCUT2D eigenvalue weighted by atomic mass is 16.5. The zero-order valence-corrected chi connectivity index (χ0v) is 15.5. The number of allylic oxidation sites excluding steroid dienone is 3. The summed E-state index contributed by atoms with van der Waals surface area (Å²) in [6, 6.07) is 10.2. The van der Waals surface area contributed by atoms with E-state index in [2.05, 4.69) is 25.1 Å². The number of ether oxygens (including phenoxy) is 1. The molecule has 0 radical (unpaired) electrons. The van der Waals surface area contributed by atoms with E-state index < -0.39 is 5.97 Å². The Morgan fingerprint density at radius 2 is 1.92 bits per heavy atom. The molecule has 1 saturated heterocycles. The lowest BCUT2D eigenvalue weighted by molar-refractivity contribution is -0.131. The summed E-state index contributed by atoms with van der Waals surface area (Å²) in [6.07, 6.45) is 9.91. The van der Waals surface area contributed by atoms with E-state index in [1.54, 1.807) is 6.08 Å². The van der Waals surface area contributed by atoms with E-state index in [1.165, 1.54) is 11.6 Å². The number of hydrogen-bond acceptors (Lipinski definition) is 3. The first-order valence-electron chi connectivity index (χ1n) is 9.43. The second-order valence-electron chi connectivity index (χ2n) is 7.09. The molecule has 26 heavy (non-hydrogen) atoms. The molecule has 0 saturated carbocycles. The van der Waals surface area contributed by atoms with Gasteiger partial charge in [-0.25, -0.2) is 4.79 Å². The third kappa shape index (κ3) is 6.77. The van der Waals surface area contributed by atoms with Crippen LogP contribution in [0.25, 0.3) is 0 Å². The number of aliphatic hydroxyl groups is 1. The molecule has 1 fully saturated rings. The maximum Gasteiger partial charge on any atom is 0.327 e.